The van der Waals surface area contributed by atoms with E-state index in [4.69, 9.17) is 4.42 Å². The van der Waals surface area contributed by atoms with Crippen LogP contribution in [0.2, 0.25) is 0 Å². The molecule has 0 spiro atoms. The molecule has 110 valence electrons. The van der Waals surface area contributed by atoms with Crippen molar-refractivity contribution in [2.45, 2.75) is 6.54 Å². The Balaban J connectivity index is 1.87. The normalized spacial score (nSPS) is 11.2. The number of halogens is 1. The van der Waals surface area contributed by atoms with E-state index in [0.717, 1.165) is 11.2 Å². The van der Waals surface area contributed by atoms with Crippen LogP contribution >= 0.6 is 15.9 Å². The van der Waals surface area contributed by atoms with Gasteiger partial charge in [-0.2, -0.15) is 5.10 Å². The lowest BCUT2D eigenvalue weighted by Gasteiger charge is -2.17. The van der Waals surface area contributed by atoms with E-state index >= 15 is 0 Å². The zero-order chi connectivity index (χ0) is 15.1. The van der Waals surface area contributed by atoms with Crippen LogP contribution in [0.4, 0.5) is 0 Å². The van der Waals surface area contributed by atoms with E-state index in [1.165, 1.54) is 0 Å². The van der Waals surface area contributed by atoms with Crippen LogP contribution < -0.4 is 0 Å². The molecule has 0 radical (unpaired) electrons. The van der Waals surface area contributed by atoms with Gasteiger partial charge in [0.15, 0.2) is 10.3 Å². The van der Waals surface area contributed by atoms with Gasteiger partial charge in [-0.3, -0.25) is 9.48 Å². The average molecular weight is 351 g/mol. The van der Waals surface area contributed by atoms with Crippen LogP contribution in [0.15, 0.2) is 33.5 Å². The molecule has 3 rings (SSSR count). The highest BCUT2D eigenvalue weighted by molar-refractivity contribution is 9.10. The first-order valence-electron chi connectivity index (χ1n) is 6.44. The predicted octanol–water partition coefficient (Wildman–Crippen LogP) is 2.54. The molecular formula is C14H15BrN4O2. The van der Waals surface area contributed by atoms with Gasteiger partial charge in [-0.15, -0.1) is 0 Å². The van der Waals surface area contributed by atoms with E-state index in [0.29, 0.717) is 22.5 Å². The molecular weight excluding hydrogens is 336 g/mol. The molecule has 0 aliphatic heterocycles. The first-order valence-corrected chi connectivity index (χ1v) is 7.24. The highest BCUT2D eigenvalue weighted by atomic mass is 79.9. The van der Waals surface area contributed by atoms with E-state index in [-0.39, 0.29) is 5.91 Å². The fourth-order valence-corrected chi connectivity index (χ4v) is 2.74. The number of carbonyl (C=O) groups is 1. The van der Waals surface area contributed by atoms with Gasteiger partial charge in [0.1, 0.15) is 5.69 Å². The maximum atomic E-state index is 12.6. The average Bonchev–Trinajstić information content (AvgIpc) is 3.07. The maximum absolute atomic E-state index is 12.6. The molecule has 0 aliphatic rings. The van der Waals surface area contributed by atoms with E-state index in [1.807, 2.05) is 30.8 Å². The number of hydrogen-bond acceptors (Lipinski definition) is 3. The van der Waals surface area contributed by atoms with Crippen LogP contribution in [0, 0.1) is 0 Å². The second kappa shape index (κ2) is 5.07. The third-order valence-electron chi connectivity index (χ3n) is 3.59. The van der Waals surface area contributed by atoms with Crippen molar-refractivity contribution in [1.82, 2.24) is 19.2 Å². The SMILES string of the molecule is CN(Cc1ccnn1C)C(=O)c1cc2oc(Br)cc2n1C. The second-order valence-electron chi connectivity index (χ2n) is 5.00. The molecule has 3 heterocycles. The molecule has 0 saturated carbocycles. The van der Waals surface area contributed by atoms with Crippen LogP contribution in [0.1, 0.15) is 16.2 Å². The van der Waals surface area contributed by atoms with Gasteiger partial charge in [0.2, 0.25) is 0 Å². The molecule has 3 aromatic rings. The summed E-state index contributed by atoms with van der Waals surface area (Å²) in [6.07, 6.45) is 1.72. The minimum atomic E-state index is -0.0544. The minimum Gasteiger partial charge on any atom is -0.448 e. The third kappa shape index (κ3) is 2.37. The van der Waals surface area contributed by atoms with Gasteiger partial charge in [0.25, 0.3) is 5.91 Å². The summed E-state index contributed by atoms with van der Waals surface area (Å²) in [5, 5.41) is 4.11. The summed E-state index contributed by atoms with van der Waals surface area (Å²) in [4.78, 5) is 14.2. The first kappa shape index (κ1) is 13.9. The number of hydrogen-bond donors (Lipinski definition) is 0. The van der Waals surface area contributed by atoms with Gasteiger partial charge in [0.05, 0.1) is 17.8 Å². The van der Waals surface area contributed by atoms with E-state index in [9.17, 15) is 4.79 Å². The molecule has 7 heteroatoms. The maximum Gasteiger partial charge on any atom is 0.270 e. The lowest BCUT2D eigenvalue weighted by molar-refractivity contribution is 0.0773. The zero-order valence-electron chi connectivity index (χ0n) is 12.0. The number of aromatic nitrogens is 3. The minimum absolute atomic E-state index is 0.0544. The quantitative estimate of drug-likeness (QED) is 0.729. The van der Waals surface area contributed by atoms with Crippen LogP contribution in [0.3, 0.4) is 0 Å². The number of fused-ring (bicyclic) bond motifs is 1. The summed E-state index contributed by atoms with van der Waals surface area (Å²) < 4.78 is 9.75. The van der Waals surface area contributed by atoms with Crippen molar-refractivity contribution in [1.29, 1.82) is 0 Å². The van der Waals surface area contributed by atoms with Crippen molar-refractivity contribution in [3.8, 4) is 0 Å². The van der Waals surface area contributed by atoms with Gasteiger partial charge in [-0.25, -0.2) is 0 Å². The monoisotopic (exact) mass is 350 g/mol. The predicted molar refractivity (Wildman–Crippen MR) is 81.9 cm³/mol. The van der Waals surface area contributed by atoms with E-state index in [2.05, 4.69) is 21.0 Å². The molecule has 0 bridgehead atoms. The molecule has 0 aliphatic carbocycles. The first-order chi connectivity index (χ1) is 9.97. The van der Waals surface area contributed by atoms with Crippen molar-refractivity contribution >= 4 is 32.9 Å². The fourth-order valence-electron chi connectivity index (χ4n) is 2.35. The molecule has 0 N–H and O–H groups in total. The Hall–Kier alpha value is -2.02. The Morgan fingerprint density at radius 2 is 2.19 bits per heavy atom. The van der Waals surface area contributed by atoms with Crippen LogP contribution in [0.5, 0.6) is 0 Å². The number of rotatable bonds is 3. The van der Waals surface area contributed by atoms with E-state index in [1.54, 1.807) is 28.9 Å². The number of furan rings is 1. The molecule has 21 heavy (non-hydrogen) atoms. The van der Waals surface area contributed by atoms with Crippen LogP contribution in [0.25, 0.3) is 11.1 Å². The molecule has 0 fully saturated rings. The number of carbonyl (C=O) groups excluding carboxylic acids is 1. The molecule has 1 amide bonds. The Kier molecular flexibility index (Phi) is 3.36. The lowest BCUT2D eigenvalue weighted by Crippen LogP contribution is -2.28. The summed E-state index contributed by atoms with van der Waals surface area (Å²) in [6.45, 7) is 0.506. The van der Waals surface area contributed by atoms with Crippen molar-refractivity contribution in [3.63, 3.8) is 0 Å². The molecule has 0 unspecified atom stereocenters. The molecule has 0 saturated heterocycles. The van der Waals surface area contributed by atoms with Gasteiger partial charge in [-0.1, -0.05) is 0 Å². The Labute approximate surface area is 130 Å². The van der Waals surface area contributed by atoms with Gasteiger partial charge in [-0.05, 0) is 22.0 Å². The van der Waals surface area contributed by atoms with Crippen molar-refractivity contribution < 1.29 is 9.21 Å². The largest absolute Gasteiger partial charge is 0.448 e. The standard InChI is InChI=1S/C14H15BrN4O2/c1-17(8-9-4-5-16-19(9)3)14(20)11-6-12-10(18(11)2)7-13(15)21-12/h4-7H,8H2,1-3H3. The van der Waals surface area contributed by atoms with Gasteiger partial charge < -0.3 is 13.9 Å². The Bertz CT molecular complexity index is 814. The summed E-state index contributed by atoms with van der Waals surface area (Å²) in [5.74, 6) is -0.0544. The smallest absolute Gasteiger partial charge is 0.270 e. The zero-order valence-corrected chi connectivity index (χ0v) is 13.6. The summed E-state index contributed by atoms with van der Waals surface area (Å²) in [6, 6.07) is 5.52. The number of aryl methyl sites for hydroxylation is 2. The lowest BCUT2D eigenvalue weighted by atomic mass is 10.3. The fraction of sp³-hybridized carbons (Fsp3) is 0.286. The van der Waals surface area contributed by atoms with Gasteiger partial charge in [0, 0.05) is 39.5 Å². The number of nitrogens with zero attached hydrogens (tertiary/aromatic N) is 4. The van der Waals surface area contributed by atoms with Crippen LogP contribution in [-0.2, 0) is 20.6 Å². The summed E-state index contributed by atoms with van der Waals surface area (Å²) in [5.41, 5.74) is 3.16. The second-order valence-corrected chi connectivity index (χ2v) is 5.78. The van der Waals surface area contributed by atoms with Gasteiger partial charge >= 0.3 is 0 Å². The topological polar surface area (TPSA) is 56.2 Å². The molecule has 3 aromatic heterocycles. The molecule has 6 nitrogen and oxygen atoms in total. The Morgan fingerprint density at radius 1 is 1.43 bits per heavy atom. The number of amides is 1. The Morgan fingerprint density at radius 3 is 2.81 bits per heavy atom. The molecule has 0 aromatic carbocycles. The van der Waals surface area contributed by atoms with Crippen molar-refractivity contribution in [3.05, 3.63) is 40.5 Å². The highest BCUT2D eigenvalue weighted by Crippen LogP contribution is 2.26. The third-order valence-corrected chi connectivity index (χ3v) is 3.98. The summed E-state index contributed by atoms with van der Waals surface area (Å²) in [7, 11) is 5.50. The molecule has 0 atom stereocenters. The van der Waals surface area contributed by atoms with Crippen LogP contribution in [-0.4, -0.2) is 32.2 Å². The summed E-state index contributed by atoms with van der Waals surface area (Å²) >= 11 is 3.29. The van der Waals surface area contributed by atoms with Crippen molar-refractivity contribution in [2.75, 3.05) is 7.05 Å². The van der Waals surface area contributed by atoms with Crippen molar-refractivity contribution in [2.24, 2.45) is 14.1 Å². The highest BCUT2D eigenvalue weighted by Gasteiger charge is 2.20. The van der Waals surface area contributed by atoms with E-state index < -0.39 is 0 Å².